The first-order valence-electron chi connectivity index (χ1n) is 9.25. The third kappa shape index (κ3) is 4.87. The van der Waals surface area contributed by atoms with Crippen molar-refractivity contribution in [3.05, 3.63) is 29.8 Å². The van der Waals surface area contributed by atoms with E-state index in [1.165, 1.54) is 0 Å². The second-order valence-corrected chi connectivity index (χ2v) is 8.79. The van der Waals surface area contributed by atoms with Crippen LogP contribution in [-0.4, -0.2) is 56.9 Å². The molecule has 1 aliphatic rings. The fraction of sp³-hybridized carbons (Fsp3) is 0.526. The number of carbonyl (C=O) groups is 1. The lowest BCUT2D eigenvalue weighted by Crippen LogP contribution is -3.16. The molecule has 1 aromatic rings. The van der Waals surface area contributed by atoms with Crippen molar-refractivity contribution in [3.8, 4) is 12.3 Å². The Balaban J connectivity index is 1.98. The number of hydrogen-bond acceptors (Lipinski definition) is 3. The second-order valence-electron chi connectivity index (χ2n) is 6.89. The van der Waals surface area contributed by atoms with Gasteiger partial charge in [0.1, 0.15) is 22.1 Å². The molecule has 2 rings (SSSR count). The number of terminal acetylenes is 1. The minimum absolute atomic E-state index is 0.114. The summed E-state index contributed by atoms with van der Waals surface area (Å²) in [7, 11) is -4.13. The van der Waals surface area contributed by atoms with Gasteiger partial charge in [-0.05, 0) is 31.0 Å². The topological polar surface area (TPSA) is 70.9 Å². The van der Waals surface area contributed by atoms with E-state index in [1.807, 2.05) is 13.8 Å². The van der Waals surface area contributed by atoms with Crippen LogP contribution >= 0.6 is 0 Å². The van der Waals surface area contributed by atoms with E-state index in [0.29, 0.717) is 32.0 Å². The highest BCUT2D eigenvalue weighted by molar-refractivity contribution is 7.89. The minimum atomic E-state index is -4.13. The van der Waals surface area contributed by atoms with Crippen LogP contribution in [-0.2, 0) is 14.8 Å². The molecule has 6 nitrogen and oxygen atoms in total. The highest BCUT2D eigenvalue weighted by Gasteiger charge is 2.34. The lowest BCUT2D eigenvalue weighted by atomic mass is 9.94. The van der Waals surface area contributed by atoms with E-state index in [4.69, 9.17) is 6.42 Å². The average molecular weight is 414 g/mol. The van der Waals surface area contributed by atoms with Crippen LogP contribution in [0.25, 0.3) is 0 Å². The van der Waals surface area contributed by atoms with Gasteiger partial charge in [0.25, 0.3) is 5.91 Å². The van der Waals surface area contributed by atoms with Gasteiger partial charge in [-0.25, -0.2) is 17.2 Å². The van der Waals surface area contributed by atoms with E-state index >= 15 is 0 Å². The molecular formula is C19H26F2N3O3S+. The zero-order chi connectivity index (χ0) is 20.9. The number of sulfonamides is 1. The van der Waals surface area contributed by atoms with Gasteiger partial charge in [-0.3, -0.25) is 4.79 Å². The number of piperazine rings is 1. The highest BCUT2D eigenvalue weighted by atomic mass is 32.2. The molecule has 0 saturated carbocycles. The Morgan fingerprint density at radius 2 is 1.89 bits per heavy atom. The van der Waals surface area contributed by atoms with Crippen LogP contribution < -0.4 is 10.2 Å². The Hall–Kier alpha value is -2.02. The number of rotatable bonds is 7. The molecule has 2 N–H and O–H groups in total. The Labute approximate surface area is 164 Å². The SMILES string of the molecule is C#CC(CC)(CC)NC(=O)C[NH+]1CCN(S(=O)(=O)c2cc(F)ccc2F)CC1. The van der Waals surface area contributed by atoms with Crippen LogP contribution in [0.4, 0.5) is 8.78 Å². The van der Waals surface area contributed by atoms with Crippen LogP contribution in [0.2, 0.25) is 0 Å². The molecule has 9 heteroatoms. The molecule has 0 radical (unpaired) electrons. The minimum Gasteiger partial charge on any atom is -0.335 e. The smallest absolute Gasteiger partial charge is 0.276 e. The molecule has 1 aliphatic heterocycles. The van der Waals surface area contributed by atoms with Gasteiger partial charge in [0.15, 0.2) is 6.54 Å². The zero-order valence-corrected chi connectivity index (χ0v) is 16.9. The lowest BCUT2D eigenvalue weighted by Gasteiger charge is -2.32. The van der Waals surface area contributed by atoms with Crippen LogP contribution in [0, 0.1) is 24.0 Å². The number of hydrogen-bond donors (Lipinski definition) is 2. The molecular weight excluding hydrogens is 388 g/mol. The Morgan fingerprint density at radius 3 is 2.43 bits per heavy atom. The summed E-state index contributed by atoms with van der Waals surface area (Å²) >= 11 is 0. The molecule has 0 spiro atoms. The van der Waals surface area contributed by atoms with Crippen molar-refractivity contribution in [1.29, 1.82) is 0 Å². The second kappa shape index (κ2) is 8.99. The third-order valence-electron chi connectivity index (χ3n) is 5.21. The molecule has 0 aromatic heterocycles. The standard InChI is InChI=1S/C19H25F2N3O3S/c1-4-19(5-2,6-3)22-18(25)14-23-9-11-24(12-10-23)28(26,27)17-13-15(20)7-8-16(17)21/h1,7-8,13H,5-6,9-12,14H2,2-3H3,(H,22,25)/p+1. The molecule has 1 saturated heterocycles. The monoisotopic (exact) mass is 414 g/mol. The largest absolute Gasteiger partial charge is 0.335 e. The predicted octanol–water partition coefficient (Wildman–Crippen LogP) is 0.162. The van der Waals surface area contributed by atoms with Gasteiger partial charge < -0.3 is 10.2 Å². The summed E-state index contributed by atoms with van der Waals surface area (Å²) in [5.41, 5.74) is -0.670. The first-order valence-corrected chi connectivity index (χ1v) is 10.7. The van der Waals surface area contributed by atoms with Gasteiger partial charge >= 0.3 is 0 Å². The van der Waals surface area contributed by atoms with Crippen LogP contribution in [0.15, 0.2) is 23.1 Å². The lowest BCUT2D eigenvalue weighted by molar-refractivity contribution is -0.895. The number of amides is 1. The maximum atomic E-state index is 13.9. The van der Waals surface area contributed by atoms with Gasteiger partial charge in [0, 0.05) is 0 Å². The Bertz CT molecular complexity index is 856. The van der Waals surface area contributed by atoms with Crippen molar-refractivity contribution in [1.82, 2.24) is 9.62 Å². The highest BCUT2D eigenvalue weighted by Crippen LogP contribution is 2.20. The molecule has 0 aliphatic carbocycles. The summed E-state index contributed by atoms with van der Waals surface area (Å²) in [6, 6.07) is 2.36. The van der Waals surface area contributed by atoms with E-state index in [2.05, 4.69) is 11.2 Å². The number of carbonyl (C=O) groups excluding carboxylic acids is 1. The average Bonchev–Trinajstić information content (AvgIpc) is 2.68. The van der Waals surface area contributed by atoms with E-state index in [-0.39, 0.29) is 25.5 Å². The van der Waals surface area contributed by atoms with Crippen LogP contribution in [0.5, 0.6) is 0 Å². The maximum absolute atomic E-state index is 13.9. The summed E-state index contributed by atoms with van der Waals surface area (Å²) in [5, 5.41) is 2.89. The van der Waals surface area contributed by atoms with E-state index in [9.17, 15) is 22.0 Å². The first-order chi connectivity index (χ1) is 13.2. The first kappa shape index (κ1) is 22.3. The van der Waals surface area contributed by atoms with Gasteiger partial charge in [0.2, 0.25) is 10.0 Å². The molecule has 1 heterocycles. The fourth-order valence-corrected chi connectivity index (χ4v) is 4.76. The van der Waals surface area contributed by atoms with Crippen LogP contribution in [0.3, 0.4) is 0 Å². The van der Waals surface area contributed by atoms with E-state index < -0.39 is 32.1 Å². The summed E-state index contributed by atoms with van der Waals surface area (Å²) in [4.78, 5) is 12.6. The van der Waals surface area contributed by atoms with Crippen molar-refractivity contribution in [2.24, 2.45) is 0 Å². The normalized spacial score (nSPS) is 16.5. The van der Waals surface area contributed by atoms with Crippen molar-refractivity contribution >= 4 is 15.9 Å². The quantitative estimate of drug-likeness (QED) is 0.625. The van der Waals surface area contributed by atoms with Crippen molar-refractivity contribution < 1.29 is 26.9 Å². The van der Waals surface area contributed by atoms with E-state index in [1.54, 1.807) is 0 Å². The van der Waals surface area contributed by atoms with Gasteiger partial charge in [-0.2, -0.15) is 4.31 Å². The number of benzene rings is 1. The Kier molecular flexibility index (Phi) is 7.15. The zero-order valence-electron chi connectivity index (χ0n) is 16.1. The summed E-state index contributed by atoms with van der Waals surface area (Å²) < 4.78 is 53.6. The summed E-state index contributed by atoms with van der Waals surface area (Å²) in [6.07, 6.45) is 6.79. The van der Waals surface area contributed by atoms with Crippen LogP contribution in [0.1, 0.15) is 26.7 Å². The van der Waals surface area contributed by atoms with Crippen molar-refractivity contribution in [3.63, 3.8) is 0 Å². The summed E-state index contributed by atoms with van der Waals surface area (Å²) in [6.45, 7) is 4.98. The van der Waals surface area contributed by atoms with E-state index in [0.717, 1.165) is 21.3 Å². The van der Waals surface area contributed by atoms with Gasteiger partial charge in [-0.15, -0.1) is 6.42 Å². The number of nitrogens with one attached hydrogen (secondary N) is 2. The molecule has 28 heavy (non-hydrogen) atoms. The molecule has 1 amide bonds. The van der Waals surface area contributed by atoms with Crippen molar-refractivity contribution in [2.45, 2.75) is 37.1 Å². The third-order valence-corrected chi connectivity index (χ3v) is 7.13. The Morgan fingerprint density at radius 1 is 1.29 bits per heavy atom. The molecule has 0 bridgehead atoms. The molecule has 154 valence electrons. The van der Waals surface area contributed by atoms with Crippen molar-refractivity contribution in [2.75, 3.05) is 32.7 Å². The number of nitrogens with zero attached hydrogens (tertiary/aromatic N) is 1. The molecule has 0 atom stereocenters. The van der Waals surface area contributed by atoms with Gasteiger partial charge in [0.05, 0.1) is 26.2 Å². The maximum Gasteiger partial charge on any atom is 0.276 e. The van der Waals surface area contributed by atoms with Gasteiger partial charge in [-0.1, -0.05) is 19.8 Å². The predicted molar refractivity (Wildman–Crippen MR) is 101 cm³/mol. The number of halogens is 2. The molecule has 1 aromatic carbocycles. The molecule has 0 unspecified atom stereocenters. The molecule has 1 fully saturated rings. The fourth-order valence-electron chi connectivity index (χ4n) is 3.24. The summed E-state index contributed by atoms with van der Waals surface area (Å²) in [5.74, 6) is 0.652. The number of quaternary nitrogens is 1.